The summed E-state index contributed by atoms with van der Waals surface area (Å²) in [4.78, 5) is 8.24. The molecule has 1 aliphatic heterocycles. The molecule has 0 bridgehead atoms. The summed E-state index contributed by atoms with van der Waals surface area (Å²) in [5.74, 6) is 0.905. The maximum absolute atomic E-state index is 11.9. The van der Waals surface area contributed by atoms with Crippen molar-refractivity contribution in [3.63, 3.8) is 0 Å². The van der Waals surface area contributed by atoms with Crippen LogP contribution in [0.25, 0.3) is 0 Å². The number of fused-ring (bicyclic) bond motifs is 1. The number of rotatable bonds is 4. The fraction of sp³-hybridized carbons (Fsp3) is 0.545. The largest absolute Gasteiger partial charge is 0.328 e. The third kappa shape index (κ3) is 2.34. The number of nitrogens with zero attached hydrogens (tertiary/aromatic N) is 6. The van der Waals surface area contributed by atoms with E-state index in [0.717, 1.165) is 11.5 Å². The number of hydrogen-bond donors (Lipinski definition) is 0. The molecule has 9 heteroatoms. The summed E-state index contributed by atoms with van der Waals surface area (Å²) in [7, 11) is -3.15. The zero-order valence-corrected chi connectivity index (χ0v) is 12.0. The maximum Gasteiger partial charge on any atom is 0.214 e. The SMILES string of the molecule is CCS(=O)(=O)N1CCn2c(Cn3cncn3)cnc2C1. The minimum atomic E-state index is -3.15. The van der Waals surface area contributed by atoms with Gasteiger partial charge in [-0.15, -0.1) is 0 Å². The Morgan fingerprint density at radius 2 is 2.20 bits per heavy atom. The van der Waals surface area contributed by atoms with Crippen molar-refractivity contribution in [1.82, 2.24) is 28.6 Å². The van der Waals surface area contributed by atoms with Gasteiger partial charge in [0.15, 0.2) is 0 Å². The van der Waals surface area contributed by atoms with Crippen LogP contribution in [0.1, 0.15) is 18.4 Å². The summed E-state index contributed by atoms with van der Waals surface area (Å²) in [6, 6.07) is 0. The molecular formula is C11H16N6O2S. The number of aromatic nitrogens is 5. The van der Waals surface area contributed by atoms with E-state index in [2.05, 4.69) is 19.6 Å². The predicted molar refractivity (Wildman–Crippen MR) is 71.2 cm³/mol. The van der Waals surface area contributed by atoms with Gasteiger partial charge < -0.3 is 4.57 Å². The molecule has 108 valence electrons. The van der Waals surface area contributed by atoms with E-state index in [1.54, 1.807) is 24.1 Å². The Morgan fingerprint density at radius 1 is 1.35 bits per heavy atom. The minimum absolute atomic E-state index is 0.125. The standard InChI is InChI=1S/C11H16N6O2S/c1-2-20(18,19)16-3-4-17-10(5-13-11(17)7-16)6-15-9-12-8-14-15/h5,8-9H,2-4,6-7H2,1H3. The highest BCUT2D eigenvalue weighted by Gasteiger charge is 2.27. The van der Waals surface area contributed by atoms with E-state index in [-0.39, 0.29) is 5.75 Å². The molecule has 20 heavy (non-hydrogen) atoms. The highest BCUT2D eigenvalue weighted by molar-refractivity contribution is 7.89. The van der Waals surface area contributed by atoms with Crippen molar-refractivity contribution in [2.45, 2.75) is 26.6 Å². The van der Waals surface area contributed by atoms with Crippen molar-refractivity contribution in [2.24, 2.45) is 0 Å². The molecule has 3 heterocycles. The van der Waals surface area contributed by atoms with Crippen LogP contribution in [0, 0.1) is 0 Å². The van der Waals surface area contributed by atoms with Gasteiger partial charge in [0, 0.05) is 13.1 Å². The van der Waals surface area contributed by atoms with Crippen LogP contribution < -0.4 is 0 Å². The lowest BCUT2D eigenvalue weighted by Gasteiger charge is -2.27. The number of imidazole rings is 1. The molecule has 0 radical (unpaired) electrons. The van der Waals surface area contributed by atoms with Gasteiger partial charge in [-0.25, -0.2) is 23.1 Å². The zero-order chi connectivity index (χ0) is 14.2. The molecule has 0 atom stereocenters. The second-order valence-corrected chi connectivity index (χ2v) is 6.90. The lowest BCUT2D eigenvalue weighted by Crippen LogP contribution is -2.39. The summed E-state index contributed by atoms with van der Waals surface area (Å²) < 4.78 is 29.1. The van der Waals surface area contributed by atoms with Crippen LogP contribution in [-0.2, 0) is 29.7 Å². The van der Waals surface area contributed by atoms with Gasteiger partial charge in [0.2, 0.25) is 10.0 Å². The highest BCUT2D eigenvalue weighted by atomic mass is 32.2. The predicted octanol–water partition coefficient (Wildman–Crippen LogP) is -0.312. The molecule has 3 rings (SSSR count). The van der Waals surface area contributed by atoms with E-state index in [4.69, 9.17) is 0 Å². The molecule has 0 saturated heterocycles. The fourth-order valence-electron chi connectivity index (χ4n) is 2.33. The van der Waals surface area contributed by atoms with Crippen molar-refractivity contribution in [2.75, 3.05) is 12.3 Å². The molecule has 8 nitrogen and oxygen atoms in total. The lowest BCUT2D eigenvalue weighted by molar-refractivity contribution is 0.331. The first-order valence-electron chi connectivity index (χ1n) is 6.43. The summed E-state index contributed by atoms with van der Waals surface area (Å²) in [5.41, 5.74) is 1.01. The van der Waals surface area contributed by atoms with Crippen LogP contribution in [-0.4, -0.2) is 49.3 Å². The third-order valence-electron chi connectivity index (χ3n) is 3.46. The van der Waals surface area contributed by atoms with Gasteiger partial charge in [-0.05, 0) is 6.92 Å². The van der Waals surface area contributed by atoms with E-state index in [1.165, 1.54) is 10.6 Å². The first kappa shape index (κ1) is 13.3. The summed E-state index contributed by atoms with van der Waals surface area (Å²) in [6.45, 7) is 3.70. The maximum atomic E-state index is 11.9. The molecule has 0 aromatic carbocycles. The van der Waals surface area contributed by atoms with Gasteiger partial charge in [-0.2, -0.15) is 9.40 Å². The quantitative estimate of drug-likeness (QED) is 0.772. The lowest BCUT2D eigenvalue weighted by atomic mass is 10.4. The smallest absolute Gasteiger partial charge is 0.214 e. The van der Waals surface area contributed by atoms with E-state index < -0.39 is 10.0 Å². The van der Waals surface area contributed by atoms with Crippen molar-refractivity contribution in [1.29, 1.82) is 0 Å². The molecule has 2 aromatic rings. The normalized spacial score (nSPS) is 16.2. The summed E-state index contributed by atoms with van der Waals surface area (Å²) in [5, 5.41) is 4.07. The average Bonchev–Trinajstić information content (AvgIpc) is 3.09. The Balaban J connectivity index is 1.82. The Kier molecular flexibility index (Phi) is 3.30. The van der Waals surface area contributed by atoms with Crippen LogP contribution >= 0.6 is 0 Å². The molecule has 0 spiro atoms. The van der Waals surface area contributed by atoms with Crippen LogP contribution in [0.5, 0.6) is 0 Å². The molecule has 1 aliphatic rings. The van der Waals surface area contributed by atoms with Gasteiger partial charge in [0.05, 0.1) is 30.7 Å². The highest BCUT2D eigenvalue weighted by Crippen LogP contribution is 2.17. The monoisotopic (exact) mass is 296 g/mol. The summed E-state index contributed by atoms with van der Waals surface area (Å²) in [6.07, 6.45) is 4.92. The van der Waals surface area contributed by atoms with Crippen LogP contribution in [0.15, 0.2) is 18.9 Å². The van der Waals surface area contributed by atoms with Crippen molar-refractivity contribution >= 4 is 10.0 Å². The van der Waals surface area contributed by atoms with Crippen LogP contribution in [0.3, 0.4) is 0 Å². The first-order chi connectivity index (χ1) is 9.60. The van der Waals surface area contributed by atoms with E-state index in [1.807, 2.05) is 0 Å². The van der Waals surface area contributed by atoms with E-state index in [0.29, 0.717) is 26.2 Å². The van der Waals surface area contributed by atoms with Crippen molar-refractivity contribution in [3.05, 3.63) is 30.4 Å². The molecule has 0 saturated carbocycles. The Hall–Kier alpha value is -1.74. The molecule has 0 amide bonds. The second kappa shape index (κ2) is 4.98. The zero-order valence-electron chi connectivity index (χ0n) is 11.2. The van der Waals surface area contributed by atoms with E-state index in [9.17, 15) is 8.42 Å². The van der Waals surface area contributed by atoms with Gasteiger partial charge >= 0.3 is 0 Å². The molecule has 0 fully saturated rings. The van der Waals surface area contributed by atoms with Crippen LogP contribution in [0.4, 0.5) is 0 Å². The van der Waals surface area contributed by atoms with Crippen molar-refractivity contribution < 1.29 is 8.42 Å². The Bertz CT molecular complexity index is 691. The number of hydrogen-bond acceptors (Lipinski definition) is 5. The topological polar surface area (TPSA) is 85.9 Å². The molecular weight excluding hydrogens is 280 g/mol. The van der Waals surface area contributed by atoms with Gasteiger partial charge in [-0.3, -0.25) is 0 Å². The van der Waals surface area contributed by atoms with Gasteiger partial charge in [0.25, 0.3) is 0 Å². The Labute approximate surface area is 117 Å². The van der Waals surface area contributed by atoms with Crippen molar-refractivity contribution in [3.8, 4) is 0 Å². The third-order valence-corrected chi connectivity index (χ3v) is 5.29. The molecule has 0 unspecified atom stereocenters. The van der Waals surface area contributed by atoms with E-state index >= 15 is 0 Å². The molecule has 2 aromatic heterocycles. The second-order valence-electron chi connectivity index (χ2n) is 4.64. The molecule has 0 aliphatic carbocycles. The van der Waals surface area contributed by atoms with Gasteiger partial charge in [0.1, 0.15) is 18.5 Å². The van der Waals surface area contributed by atoms with Crippen LogP contribution in [0.2, 0.25) is 0 Å². The number of sulfonamides is 1. The first-order valence-corrected chi connectivity index (χ1v) is 8.04. The Morgan fingerprint density at radius 3 is 2.90 bits per heavy atom. The average molecular weight is 296 g/mol. The van der Waals surface area contributed by atoms with Gasteiger partial charge in [-0.1, -0.05) is 0 Å². The summed E-state index contributed by atoms with van der Waals surface area (Å²) >= 11 is 0. The minimum Gasteiger partial charge on any atom is -0.328 e. The fourth-order valence-corrected chi connectivity index (χ4v) is 3.37. The molecule has 0 N–H and O–H groups in total.